The predicted molar refractivity (Wildman–Crippen MR) is 210 cm³/mol. The van der Waals surface area contributed by atoms with E-state index in [4.69, 9.17) is 34.8 Å². The molecule has 5 aromatic carbocycles. The van der Waals surface area contributed by atoms with Gasteiger partial charge >= 0.3 is 0 Å². The summed E-state index contributed by atoms with van der Waals surface area (Å²) in [7, 11) is 0. The topological polar surface area (TPSA) is 100 Å². The lowest BCUT2D eigenvalue weighted by Crippen LogP contribution is -2.30. The molecule has 1 aromatic heterocycles. The highest BCUT2D eigenvalue weighted by molar-refractivity contribution is 8.00. The number of thiazole rings is 1. The van der Waals surface area contributed by atoms with Crippen LogP contribution in [0.25, 0.3) is 17.3 Å². The van der Waals surface area contributed by atoms with Crippen molar-refractivity contribution in [3.8, 4) is 11.3 Å². The molecule has 1 unspecified atom stereocenters. The number of anilines is 2. The SMILES string of the molecule is O=C(Nc1cccc(SC(C(=O)Nc2nc(-c3ccc(Cl)c(Cl)c3)cs2)c2ccccc2)c1)/C(=C/c1ccc(Cl)cc1)NC(=O)c1ccccc1. The van der Waals surface area contributed by atoms with E-state index in [-0.39, 0.29) is 11.6 Å². The predicted octanol–water partition coefficient (Wildman–Crippen LogP) is 10.7. The van der Waals surface area contributed by atoms with Crippen LogP contribution in [0.15, 0.2) is 143 Å². The Morgan fingerprint density at radius 3 is 2.20 bits per heavy atom. The van der Waals surface area contributed by atoms with Crippen molar-refractivity contribution >= 4 is 92.5 Å². The second-order valence-corrected chi connectivity index (χ2v) is 14.3. The van der Waals surface area contributed by atoms with Crippen molar-refractivity contribution in [3.05, 3.63) is 170 Å². The van der Waals surface area contributed by atoms with Crippen LogP contribution in [0.1, 0.15) is 26.7 Å². The molecule has 0 aliphatic heterocycles. The number of carbonyl (C=O) groups excluding carboxylic acids is 3. The lowest BCUT2D eigenvalue weighted by atomic mass is 10.1. The minimum Gasteiger partial charge on any atom is -0.321 e. The third-order valence-corrected chi connectivity index (χ3v) is 10.3. The largest absolute Gasteiger partial charge is 0.321 e. The molecule has 0 radical (unpaired) electrons. The van der Waals surface area contributed by atoms with Crippen LogP contribution in [0.2, 0.25) is 15.1 Å². The highest BCUT2D eigenvalue weighted by Gasteiger charge is 2.24. The second kappa shape index (κ2) is 16.9. The van der Waals surface area contributed by atoms with E-state index in [1.807, 2.05) is 47.8 Å². The van der Waals surface area contributed by atoms with Gasteiger partial charge in [0.1, 0.15) is 10.9 Å². The van der Waals surface area contributed by atoms with Gasteiger partial charge in [-0.2, -0.15) is 0 Å². The minimum atomic E-state index is -0.653. The number of benzene rings is 5. The maximum Gasteiger partial charge on any atom is 0.272 e. The van der Waals surface area contributed by atoms with Crippen molar-refractivity contribution in [1.29, 1.82) is 0 Å². The maximum absolute atomic E-state index is 13.8. The number of halogens is 3. The van der Waals surface area contributed by atoms with Gasteiger partial charge in [0, 0.05) is 32.1 Å². The fourth-order valence-electron chi connectivity index (χ4n) is 4.84. The van der Waals surface area contributed by atoms with Gasteiger partial charge in [0.2, 0.25) is 5.91 Å². The molecule has 0 bridgehead atoms. The third kappa shape index (κ3) is 9.67. The highest BCUT2D eigenvalue weighted by atomic mass is 35.5. The van der Waals surface area contributed by atoms with E-state index in [1.165, 1.54) is 23.1 Å². The van der Waals surface area contributed by atoms with Gasteiger partial charge in [0.15, 0.2) is 5.13 Å². The average molecular weight is 770 g/mol. The first kappa shape index (κ1) is 35.9. The van der Waals surface area contributed by atoms with Crippen LogP contribution in [-0.2, 0) is 9.59 Å². The number of nitrogens with zero attached hydrogens (tertiary/aromatic N) is 1. The number of hydrogen-bond acceptors (Lipinski definition) is 6. The van der Waals surface area contributed by atoms with E-state index < -0.39 is 17.1 Å². The summed E-state index contributed by atoms with van der Waals surface area (Å²) < 4.78 is 0. The van der Waals surface area contributed by atoms with E-state index >= 15 is 0 Å². The summed E-state index contributed by atoms with van der Waals surface area (Å²) in [5.41, 5.74) is 3.80. The van der Waals surface area contributed by atoms with Gasteiger partial charge < -0.3 is 16.0 Å². The molecule has 6 aromatic rings. The summed E-state index contributed by atoms with van der Waals surface area (Å²) >= 11 is 21.0. The summed E-state index contributed by atoms with van der Waals surface area (Å²) in [6.07, 6.45) is 1.58. The standard InChI is InChI=1S/C39H27Cl3N4O3S2/c40-28-17-14-24(15-18-28)20-33(44-36(47)26-10-5-2-6-11-26)37(48)43-29-12-7-13-30(22-29)51-35(25-8-3-1-4-9-25)38(49)46-39-45-34(23-50-39)27-16-19-31(41)32(42)21-27/h1-23,35H,(H,43,48)(H,44,47)(H,45,46,49)/b33-20-. The van der Waals surface area contributed by atoms with Crippen LogP contribution < -0.4 is 16.0 Å². The maximum atomic E-state index is 13.8. The molecule has 12 heteroatoms. The normalized spacial score (nSPS) is 11.8. The van der Waals surface area contributed by atoms with Crippen LogP contribution in [0.4, 0.5) is 10.8 Å². The van der Waals surface area contributed by atoms with Gasteiger partial charge in [-0.05, 0) is 71.8 Å². The number of hydrogen-bond donors (Lipinski definition) is 3. The van der Waals surface area contributed by atoms with E-state index in [9.17, 15) is 14.4 Å². The Bertz CT molecular complexity index is 2210. The number of amides is 3. The smallest absolute Gasteiger partial charge is 0.272 e. The lowest BCUT2D eigenvalue weighted by molar-refractivity contribution is -0.116. The molecule has 3 amide bonds. The van der Waals surface area contributed by atoms with Gasteiger partial charge in [-0.1, -0.05) is 108 Å². The first-order chi connectivity index (χ1) is 24.7. The summed E-state index contributed by atoms with van der Waals surface area (Å²) in [6.45, 7) is 0. The molecule has 6 rings (SSSR count). The average Bonchev–Trinajstić information content (AvgIpc) is 3.61. The van der Waals surface area contributed by atoms with E-state index in [1.54, 1.807) is 91.0 Å². The van der Waals surface area contributed by atoms with Crippen LogP contribution in [-0.4, -0.2) is 22.7 Å². The summed E-state index contributed by atoms with van der Waals surface area (Å²) in [5.74, 6) is -1.24. The number of rotatable bonds is 11. The fraction of sp³-hybridized carbons (Fsp3) is 0.0256. The van der Waals surface area contributed by atoms with Crippen molar-refractivity contribution in [1.82, 2.24) is 10.3 Å². The van der Waals surface area contributed by atoms with Crippen LogP contribution >= 0.6 is 57.9 Å². The molecular formula is C39H27Cl3N4O3S2. The van der Waals surface area contributed by atoms with Gasteiger partial charge in [-0.25, -0.2) is 4.98 Å². The Labute approximate surface area is 317 Å². The molecule has 0 aliphatic rings. The quantitative estimate of drug-likeness (QED) is 0.0900. The van der Waals surface area contributed by atoms with Gasteiger partial charge in [-0.15, -0.1) is 23.1 Å². The van der Waals surface area contributed by atoms with E-state index in [0.717, 1.165) is 16.0 Å². The zero-order chi connectivity index (χ0) is 35.7. The zero-order valence-electron chi connectivity index (χ0n) is 26.5. The fourth-order valence-corrected chi connectivity index (χ4v) is 7.07. The van der Waals surface area contributed by atoms with Gasteiger partial charge in [0.05, 0.1) is 15.7 Å². The van der Waals surface area contributed by atoms with Crippen molar-refractivity contribution in [2.75, 3.05) is 10.6 Å². The molecule has 0 saturated carbocycles. The van der Waals surface area contributed by atoms with Crippen molar-refractivity contribution < 1.29 is 14.4 Å². The van der Waals surface area contributed by atoms with Crippen molar-refractivity contribution in [2.45, 2.75) is 10.1 Å². The first-order valence-corrected chi connectivity index (χ1v) is 18.3. The Morgan fingerprint density at radius 1 is 0.745 bits per heavy atom. The van der Waals surface area contributed by atoms with Crippen molar-refractivity contribution in [2.24, 2.45) is 0 Å². The lowest BCUT2D eigenvalue weighted by Gasteiger charge is -2.17. The van der Waals surface area contributed by atoms with Crippen LogP contribution in [0.3, 0.4) is 0 Å². The summed E-state index contributed by atoms with van der Waals surface area (Å²) in [5, 5.41) is 11.6. The molecular weight excluding hydrogens is 743 g/mol. The Hall–Kier alpha value is -4.90. The number of carbonyl (C=O) groups is 3. The molecule has 1 heterocycles. The molecule has 0 fully saturated rings. The Kier molecular flexibility index (Phi) is 11.9. The Morgan fingerprint density at radius 2 is 1.47 bits per heavy atom. The number of thioether (sulfide) groups is 1. The van der Waals surface area contributed by atoms with Crippen molar-refractivity contribution in [3.63, 3.8) is 0 Å². The van der Waals surface area contributed by atoms with Gasteiger partial charge in [0.25, 0.3) is 11.8 Å². The molecule has 3 N–H and O–H groups in total. The monoisotopic (exact) mass is 768 g/mol. The third-order valence-electron chi connectivity index (χ3n) is 7.35. The Balaban J connectivity index is 1.21. The number of aromatic nitrogens is 1. The van der Waals surface area contributed by atoms with E-state index in [2.05, 4.69) is 20.9 Å². The van der Waals surface area contributed by atoms with Gasteiger partial charge in [-0.3, -0.25) is 14.4 Å². The molecule has 0 spiro atoms. The molecule has 0 saturated heterocycles. The highest BCUT2D eigenvalue weighted by Crippen LogP contribution is 2.38. The molecule has 0 aliphatic carbocycles. The summed E-state index contributed by atoms with van der Waals surface area (Å²) in [4.78, 5) is 45.8. The van der Waals surface area contributed by atoms with Crippen LogP contribution in [0.5, 0.6) is 0 Å². The summed E-state index contributed by atoms with van der Waals surface area (Å²) in [6, 6.07) is 37.3. The molecule has 254 valence electrons. The van der Waals surface area contributed by atoms with Crippen LogP contribution in [0, 0.1) is 0 Å². The molecule has 7 nitrogen and oxygen atoms in total. The van der Waals surface area contributed by atoms with E-state index in [0.29, 0.717) is 42.7 Å². The molecule has 1 atom stereocenters. The number of nitrogens with one attached hydrogen (secondary N) is 3. The minimum absolute atomic E-state index is 0.0365. The molecule has 51 heavy (non-hydrogen) atoms. The first-order valence-electron chi connectivity index (χ1n) is 15.4. The second-order valence-electron chi connectivity index (χ2n) is 11.0. The zero-order valence-corrected chi connectivity index (χ0v) is 30.4.